The fourth-order valence-corrected chi connectivity index (χ4v) is 2.79. The number of nitrogens with zero attached hydrogens (tertiary/aromatic N) is 1. The first kappa shape index (κ1) is 16.1. The van der Waals surface area contributed by atoms with Crippen molar-refractivity contribution in [3.8, 4) is 0 Å². The van der Waals surface area contributed by atoms with Crippen LogP contribution in [0.2, 0.25) is 0 Å². The lowest BCUT2D eigenvalue weighted by atomic mass is 10.2. The number of hydrogen-bond acceptors (Lipinski definition) is 3. The Morgan fingerprint density at radius 3 is 2.35 bits per heavy atom. The average molecular weight is 295 g/mol. The van der Waals surface area contributed by atoms with Crippen LogP contribution in [0.3, 0.4) is 0 Å². The van der Waals surface area contributed by atoms with E-state index in [1.807, 2.05) is 0 Å². The summed E-state index contributed by atoms with van der Waals surface area (Å²) in [5.74, 6) is -1.05. The summed E-state index contributed by atoms with van der Waals surface area (Å²) in [7, 11) is -2.06. The van der Waals surface area contributed by atoms with Crippen LogP contribution < -0.4 is 0 Å². The van der Waals surface area contributed by atoms with Gasteiger partial charge in [-0.3, -0.25) is 0 Å². The Labute approximate surface area is 118 Å². The molecule has 0 spiro atoms. The van der Waals surface area contributed by atoms with Gasteiger partial charge in [0, 0.05) is 19.7 Å². The molecule has 0 aliphatic rings. The number of likely N-dealkylation sites (N-methyl/N-ethyl adjacent to an activating group) is 1. The second-order valence-electron chi connectivity index (χ2n) is 4.46. The molecule has 5 nitrogen and oxygen atoms in total. The molecule has 108 valence electrons. The summed E-state index contributed by atoms with van der Waals surface area (Å²) in [6.07, 6.45) is 2.40. The van der Waals surface area contributed by atoms with Gasteiger partial charge in [-0.1, -0.05) is 24.3 Å². The van der Waals surface area contributed by atoms with Crippen LogP contribution >= 0.6 is 0 Å². The number of aliphatic carboxylic acids is 1. The molecule has 0 atom stereocenters. The van der Waals surface area contributed by atoms with Gasteiger partial charge in [-0.15, -0.1) is 0 Å². The van der Waals surface area contributed by atoms with E-state index >= 15 is 0 Å². The average Bonchev–Trinajstić information content (AvgIpc) is 2.36. The fourth-order valence-electron chi connectivity index (χ4n) is 1.56. The summed E-state index contributed by atoms with van der Waals surface area (Å²) >= 11 is 0. The van der Waals surface area contributed by atoms with Crippen molar-refractivity contribution >= 4 is 22.1 Å². The minimum absolute atomic E-state index is 0.161. The molecule has 0 bridgehead atoms. The highest BCUT2D eigenvalue weighted by molar-refractivity contribution is 7.89. The van der Waals surface area contributed by atoms with Crippen LogP contribution in [0.4, 0.5) is 0 Å². The Kier molecular flexibility index (Phi) is 5.24. The number of rotatable bonds is 6. The Hall–Kier alpha value is -1.92. The molecule has 0 fully saturated rings. The fraction of sp³-hybridized carbons (Fsp3) is 0.214. The zero-order valence-corrected chi connectivity index (χ0v) is 12.2. The maximum atomic E-state index is 12.2. The van der Waals surface area contributed by atoms with E-state index in [1.165, 1.54) is 29.6 Å². The van der Waals surface area contributed by atoms with Crippen LogP contribution in [0.25, 0.3) is 6.08 Å². The topological polar surface area (TPSA) is 74.7 Å². The van der Waals surface area contributed by atoms with Crippen molar-refractivity contribution in [1.29, 1.82) is 0 Å². The highest BCUT2D eigenvalue weighted by Crippen LogP contribution is 2.16. The van der Waals surface area contributed by atoms with Crippen LogP contribution in [0.1, 0.15) is 12.5 Å². The van der Waals surface area contributed by atoms with Crippen LogP contribution in [-0.4, -0.2) is 37.4 Å². The minimum atomic E-state index is -3.55. The maximum absolute atomic E-state index is 12.2. The molecule has 1 aromatic carbocycles. The highest BCUT2D eigenvalue weighted by Gasteiger charge is 2.20. The van der Waals surface area contributed by atoms with E-state index in [2.05, 4.69) is 6.58 Å². The Morgan fingerprint density at radius 2 is 1.90 bits per heavy atom. The SMILES string of the molecule is C=C(C)CN(C)S(=O)(=O)c1ccc(/C=C/C(=O)O)cc1. The molecule has 1 rings (SSSR count). The Bertz CT molecular complexity index is 630. The normalized spacial score (nSPS) is 11.9. The van der Waals surface area contributed by atoms with Crippen molar-refractivity contribution in [1.82, 2.24) is 4.31 Å². The van der Waals surface area contributed by atoms with E-state index in [9.17, 15) is 13.2 Å². The van der Waals surface area contributed by atoms with Crippen molar-refractivity contribution in [2.45, 2.75) is 11.8 Å². The van der Waals surface area contributed by atoms with Crippen molar-refractivity contribution in [3.63, 3.8) is 0 Å². The lowest BCUT2D eigenvalue weighted by Crippen LogP contribution is -2.28. The zero-order valence-electron chi connectivity index (χ0n) is 11.4. The van der Waals surface area contributed by atoms with Gasteiger partial charge in [-0.05, 0) is 30.7 Å². The van der Waals surface area contributed by atoms with Crippen LogP contribution in [-0.2, 0) is 14.8 Å². The molecule has 0 saturated heterocycles. The van der Waals surface area contributed by atoms with Gasteiger partial charge in [0.2, 0.25) is 10.0 Å². The van der Waals surface area contributed by atoms with Crippen LogP contribution in [0.5, 0.6) is 0 Å². The number of carboxylic acid groups (broad SMARTS) is 1. The Balaban J connectivity index is 2.98. The van der Waals surface area contributed by atoms with Crippen molar-refractivity contribution < 1.29 is 18.3 Å². The van der Waals surface area contributed by atoms with E-state index in [1.54, 1.807) is 19.1 Å². The van der Waals surface area contributed by atoms with Crippen molar-refractivity contribution in [3.05, 3.63) is 48.1 Å². The third kappa shape index (κ3) is 4.32. The van der Waals surface area contributed by atoms with E-state index < -0.39 is 16.0 Å². The first-order chi connectivity index (χ1) is 9.23. The second kappa shape index (κ2) is 6.49. The van der Waals surface area contributed by atoms with Gasteiger partial charge in [0.25, 0.3) is 0 Å². The largest absolute Gasteiger partial charge is 0.478 e. The quantitative estimate of drug-likeness (QED) is 0.643. The molecule has 0 saturated carbocycles. The molecule has 0 amide bonds. The van der Waals surface area contributed by atoms with Crippen LogP contribution in [0.15, 0.2) is 47.4 Å². The van der Waals surface area contributed by atoms with Crippen molar-refractivity contribution in [2.75, 3.05) is 13.6 Å². The van der Waals surface area contributed by atoms with Gasteiger partial charge in [0.1, 0.15) is 0 Å². The van der Waals surface area contributed by atoms with E-state index in [-0.39, 0.29) is 11.4 Å². The summed E-state index contributed by atoms with van der Waals surface area (Å²) in [4.78, 5) is 10.6. The van der Waals surface area contributed by atoms with Gasteiger partial charge < -0.3 is 5.11 Å². The molecule has 0 aliphatic carbocycles. The summed E-state index contributed by atoms with van der Waals surface area (Å²) in [6, 6.07) is 6.01. The summed E-state index contributed by atoms with van der Waals surface area (Å²) in [6.45, 7) is 5.70. The number of carboxylic acids is 1. The van der Waals surface area contributed by atoms with Gasteiger partial charge in [0.05, 0.1) is 4.90 Å². The number of carbonyl (C=O) groups is 1. The van der Waals surface area contributed by atoms with E-state index in [4.69, 9.17) is 5.11 Å². The molecule has 0 aromatic heterocycles. The maximum Gasteiger partial charge on any atom is 0.328 e. The highest BCUT2D eigenvalue weighted by atomic mass is 32.2. The van der Waals surface area contributed by atoms with Crippen LogP contribution in [0, 0.1) is 0 Å². The third-order valence-corrected chi connectivity index (χ3v) is 4.32. The van der Waals surface area contributed by atoms with Crippen molar-refractivity contribution in [2.24, 2.45) is 0 Å². The molecule has 1 aromatic rings. The molecule has 0 unspecified atom stereocenters. The van der Waals surface area contributed by atoms with Gasteiger partial charge in [0.15, 0.2) is 0 Å². The van der Waals surface area contributed by atoms with Gasteiger partial charge >= 0.3 is 5.97 Å². The predicted octanol–water partition coefficient (Wildman–Crippen LogP) is 1.98. The minimum Gasteiger partial charge on any atom is -0.478 e. The second-order valence-corrected chi connectivity index (χ2v) is 6.50. The molecule has 0 radical (unpaired) electrons. The molecule has 0 heterocycles. The summed E-state index contributed by atoms with van der Waals surface area (Å²) in [5, 5.41) is 8.52. The van der Waals surface area contributed by atoms with Gasteiger partial charge in [-0.2, -0.15) is 4.31 Å². The first-order valence-electron chi connectivity index (χ1n) is 5.85. The van der Waals surface area contributed by atoms with Gasteiger partial charge in [-0.25, -0.2) is 13.2 Å². The molecule has 0 aliphatic heterocycles. The molecule has 1 N–H and O–H groups in total. The summed E-state index contributed by atoms with van der Waals surface area (Å²) in [5.41, 5.74) is 1.37. The lowest BCUT2D eigenvalue weighted by Gasteiger charge is -2.17. The number of hydrogen-bond donors (Lipinski definition) is 1. The lowest BCUT2D eigenvalue weighted by molar-refractivity contribution is -0.131. The standard InChI is InChI=1S/C14H17NO4S/c1-11(2)10-15(3)20(18,19)13-7-4-12(5-8-13)6-9-14(16)17/h4-9H,1,10H2,2-3H3,(H,16,17)/b9-6+. The monoisotopic (exact) mass is 295 g/mol. The smallest absolute Gasteiger partial charge is 0.328 e. The molecule has 20 heavy (non-hydrogen) atoms. The first-order valence-corrected chi connectivity index (χ1v) is 7.29. The zero-order chi connectivity index (χ0) is 15.3. The Morgan fingerprint density at radius 1 is 1.35 bits per heavy atom. The predicted molar refractivity (Wildman–Crippen MR) is 77.7 cm³/mol. The third-order valence-electron chi connectivity index (χ3n) is 2.50. The van der Waals surface area contributed by atoms with E-state index in [0.717, 1.165) is 11.6 Å². The molecular formula is C14H17NO4S. The van der Waals surface area contributed by atoms with E-state index in [0.29, 0.717) is 5.56 Å². The number of sulfonamides is 1. The summed E-state index contributed by atoms with van der Waals surface area (Å²) < 4.78 is 25.7. The molecular weight excluding hydrogens is 278 g/mol. The molecule has 6 heteroatoms. The number of benzene rings is 1.